The first kappa shape index (κ1) is 18.1. The first-order valence-electron chi connectivity index (χ1n) is 9.12. The van der Waals surface area contributed by atoms with Gasteiger partial charge < -0.3 is 19.7 Å². The Labute approximate surface area is 154 Å². The molecule has 0 bridgehead atoms. The van der Waals surface area contributed by atoms with Gasteiger partial charge in [0.15, 0.2) is 6.10 Å². The van der Waals surface area contributed by atoms with Crippen molar-refractivity contribution in [2.45, 2.75) is 32.3 Å². The van der Waals surface area contributed by atoms with E-state index in [0.29, 0.717) is 11.5 Å². The number of anilines is 2. The summed E-state index contributed by atoms with van der Waals surface area (Å²) in [6, 6.07) is 15.2. The van der Waals surface area contributed by atoms with Crippen LogP contribution < -0.4 is 19.7 Å². The molecule has 3 rings (SSSR count). The summed E-state index contributed by atoms with van der Waals surface area (Å²) in [5.74, 6) is 1.12. The quantitative estimate of drug-likeness (QED) is 0.849. The minimum absolute atomic E-state index is 0.182. The Morgan fingerprint density at radius 1 is 1.04 bits per heavy atom. The Balaban J connectivity index is 1.56. The molecular weight excluding hydrogens is 328 g/mol. The molecule has 1 unspecified atom stereocenters. The van der Waals surface area contributed by atoms with Crippen LogP contribution in [-0.4, -0.2) is 32.2 Å². The van der Waals surface area contributed by atoms with E-state index in [9.17, 15) is 4.79 Å². The molecule has 26 heavy (non-hydrogen) atoms. The maximum atomic E-state index is 12.4. The van der Waals surface area contributed by atoms with E-state index in [4.69, 9.17) is 9.47 Å². The van der Waals surface area contributed by atoms with Gasteiger partial charge in [-0.05, 0) is 62.6 Å². The van der Waals surface area contributed by atoms with Gasteiger partial charge in [0.1, 0.15) is 11.5 Å². The van der Waals surface area contributed by atoms with Gasteiger partial charge in [0.05, 0.1) is 7.11 Å². The number of nitrogens with one attached hydrogen (secondary N) is 1. The molecule has 0 aliphatic carbocycles. The summed E-state index contributed by atoms with van der Waals surface area (Å²) in [5.41, 5.74) is 1.99. The summed E-state index contributed by atoms with van der Waals surface area (Å²) in [6.45, 7) is 3.95. The maximum Gasteiger partial charge on any atom is 0.265 e. The van der Waals surface area contributed by atoms with E-state index in [1.165, 1.54) is 24.9 Å². The van der Waals surface area contributed by atoms with Crippen molar-refractivity contribution in [3.8, 4) is 11.5 Å². The Morgan fingerprint density at radius 3 is 2.42 bits per heavy atom. The van der Waals surface area contributed by atoms with Crippen LogP contribution in [0.5, 0.6) is 11.5 Å². The van der Waals surface area contributed by atoms with Gasteiger partial charge in [-0.3, -0.25) is 4.79 Å². The number of amides is 1. The van der Waals surface area contributed by atoms with Gasteiger partial charge in [-0.1, -0.05) is 6.07 Å². The summed E-state index contributed by atoms with van der Waals surface area (Å²) >= 11 is 0. The van der Waals surface area contributed by atoms with Crippen molar-refractivity contribution in [2.75, 3.05) is 30.4 Å². The van der Waals surface area contributed by atoms with Crippen molar-refractivity contribution in [2.24, 2.45) is 0 Å². The van der Waals surface area contributed by atoms with Crippen LogP contribution in [0.3, 0.4) is 0 Å². The van der Waals surface area contributed by atoms with E-state index in [2.05, 4.69) is 22.3 Å². The molecule has 1 aliphatic rings. The summed E-state index contributed by atoms with van der Waals surface area (Å²) in [6.07, 6.45) is 3.20. The Kier molecular flexibility index (Phi) is 6.00. The summed E-state index contributed by atoms with van der Waals surface area (Å²) in [5, 5.41) is 2.91. The van der Waals surface area contributed by atoms with Crippen molar-refractivity contribution in [3.63, 3.8) is 0 Å². The second-order valence-electron chi connectivity index (χ2n) is 6.52. The molecule has 0 spiro atoms. The number of piperidine rings is 1. The third kappa shape index (κ3) is 4.69. The van der Waals surface area contributed by atoms with Crippen molar-refractivity contribution < 1.29 is 14.3 Å². The highest BCUT2D eigenvalue weighted by Gasteiger charge is 2.16. The number of hydrogen-bond donors (Lipinski definition) is 1. The van der Waals surface area contributed by atoms with Crippen LogP contribution in [0.1, 0.15) is 26.2 Å². The largest absolute Gasteiger partial charge is 0.497 e. The van der Waals surface area contributed by atoms with Crippen molar-refractivity contribution >= 4 is 17.3 Å². The normalized spacial score (nSPS) is 15.2. The fraction of sp³-hybridized carbons (Fsp3) is 0.381. The second-order valence-corrected chi connectivity index (χ2v) is 6.52. The molecule has 138 valence electrons. The standard InChI is InChI=1S/C21H26N2O3/c1-16(26-20-8-6-7-19(15-20)25-2)21(24)22-17-9-11-18(12-10-17)23-13-4-3-5-14-23/h6-12,15-16H,3-5,13-14H2,1-2H3,(H,22,24). The molecule has 2 aromatic rings. The lowest BCUT2D eigenvalue weighted by molar-refractivity contribution is -0.122. The van der Waals surface area contributed by atoms with Gasteiger partial charge in [0.25, 0.3) is 5.91 Å². The van der Waals surface area contributed by atoms with Gasteiger partial charge >= 0.3 is 0 Å². The van der Waals surface area contributed by atoms with Gasteiger partial charge in [-0.15, -0.1) is 0 Å². The van der Waals surface area contributed by atoms with E-state index < -0.39 is 6.10 Å². The molecule has 0 aromatic heterocycles. The Bertz CT molecular complexity index is 724. The molecule has 0 saturated carbocycles. The maximum absolute atomic E-state index is 12.4. The molecule has 1 fully saturated rings. The zero-order chi connectivity index (χ0) is 18.4. The molecule has 1 saturated heterocycles. The number of methoxy groups -OCH3 is 1. The van der Waals surface area contributed by atoms with E-state index >= 15 is 0 Å². The van der Waals surface area contributed by atoms with E-state index in [0.717, 1.165) is 18.8 Å². The monoisotopic (exact) mass is 354 g/mol. The van der Waals surface area contributed by atoms with Gasteiger partial charge in [-0.2, -0.15) is 0 Å². The number of hydrogen-bond acceptors (Lipinski definition) is 4. The average Bonchev–Trinajstić information content (AvgIpc) is 2.69. The molecule has 1 aliphatic heterocycles. The van der Waals surface area contributed by atoms with Crippen LogP contribution in [0, 0.1) is 0 Å². The van der Waals surface area contributed by atoms with Crippen molar-refractivity contribution in [1.82, 2.24) is 0 Å². The summed E-state index contributed by atoms with van der Waals surface area (Å²) < 4.78 is 10.9. The van der Waals surface area contributed by atoms with Gasteiger partial charge in [0.2, 0.25) is 0 Å². The molecule has 1 atom stereocenters. The molecule has 1 amide bonds. The van der Waals surface area contributed by atoms with E-state index in [-0.39, 0.29) is 5.91 Å². The minimum Gasteiger partial charge on any atom is -0.497 e. The lowest BCUT2D eigenvalue weighted by atomic mass is 10.1. The average molecular weight is 354 g/mol. The molecule has 5 heteroatoms. The summed E-state index contributed by atoms with van der Waals surface area (Å²) in [4.78, 5) is 14.8. The smallest absolute Gasteiger partial charge is 0.265 e. The third-order valence-electron chi connectivity index (χ3n) is 4.58. The number of ether oxygens (including phenoxy) is 2. The van der Waals surface area contributed by atoms with Crippen LogP contribution in [0.15, 0.2) is 48.5 Å². The number of benzene rings is 2. The lowest BCUT2D eigenvalue weighted by Gasteiger charge is -2.28. The molecule has 0 radical (unpaired) electrons. The highest BCUT2D eigenvalue weighted by atomic mass is 16.5. The zero-order valence-corrected chi connectivity index (χ0v) is 15.4. The molecule has 2 aromatic carbocycles. The van der Waals surface area contributed by atoms with Crippen molar-refractivity contribution in [1.29, 1.82) is 0 Å². The highest BCUT2D eigenvalue weighted by Crippen LogP contribution is 2.23. The van der Waals surface area contributed by atoms with E-state index in [1.807, 2.05) is 24.3 Å². The topological polar surface area (TPSA) is 50.8 Å². The van der Waals surface area contributed by atoms with Gasteiger partial charge in [0, 0.05) is 30.5 Å². The molecular formula is C21H26N2O3. The zero-order valence-electron chi connectivity index (χ0n) is 15.4. The SMILES string of the molecule is COc1cccc(OC(C)C(=O)Nc2ccc(N3CCCCC3)cc2)c1. The van der Waals surface area contributed by atoms with E-state index in [1.54, 1.807) is 26.2 Å². The molecule has 5 nitrogen and oxygen atoms in total. The van der Waals surface area contributed by atoms with Crippen LogP contribution in [0.4, 0.5) is 11.4 Å². The Hall–Kier alpha value is -2.69. The fourth-order valence-corrected chi connectivity index (χ4v) is 3.08. The van der Waals surface area contributed by atoms with Gasteiger partial charge in [-0.25, -0.2) is 0 Å². The second kappa shape index (κ2) is 8.61. The van der Waals surface area contributed by atoms with Crippen LogP contribution in [0.2, 0.25) is 0 Å². The lowest BCUT2D eigenvalue weighted by Crippen LogP contribution is -2.30. The minimum atomic E-state index is -0.608. The number of carbonyl (C=O) groups is 1. The first-order chi connectivity index (χ1) is 12.7. The van der Waals surface area contributed by atoms with Crippen LogP contribution in [0.25, 0.3) is 0 Å². The van der Waals surface area contributed by atoms with Crippen molar-refractivity contribution in [3.05, 3.63) is 48.5 Å². The highest BCUT2D eigenvalue weighted by molar-refractivity contribution is 5.94. The Morgan fingerprint density at radius 2 is 1.73 bits per heavy atom. The first-order valence-corrected chi connectivity index (χ1v) is 9.12. The van der Waals surface area contributed by atoms with Crippen LogP contribution >= 0.6 is 0 Å². The molecule has 1 heterocycles. The number of carbonyl (C=O) groups excluding carboxylic acids is 1. The van der Waals surface area contributed by atoms with Crippen LogP contribution in [-0.2, 0) is 4.79 Å². The fourth-order valence-electron chi connectivity index (χ4n) is 3.08. The number of nitrogens with zero attached hydrogens (tertiary/aromatic N) is 1. The third-order valence-corrected chi connectivity index (χ3v) is 4.58. The predicted molar refractivity (Wildman–Crippen MR) is 104 cm³/mol. The summed E-state index contributed by atoms with van der Waals surface area (Å²) in [7, 11) is 1.60. The molecule has 1 N–H and O–H groups in total. The predicted octanol–water partition coefficient (Wildman–Crippen LogP) is 4.09. The number of rotatable bonds is 6.